The molecule has 0 atom stereocenters. The molecule has 9 heavy (non-hydrogen) atoms. The molecule has 4 N–H and O–H groups in total. The van der Waals surface area contributed by atoms with Crippen LogP contribution in [0.25, 0.3) is 0 Å². The van der Waals surface area contributed by atoms with Crippen molar-refractivity contribution in [2.45, 2.75) is 19.5 Å². The predicted molar refractivity (Wildman–Crippen MR) is 32.0 cm³/mol. The monoisotopic (exact) mass is 130 g/mol. The normalized spacial score (nSPS) is 24.4. The summed E-state index contributed by atoms with van der Waals surface area (Å²) in [6.07, 6.45) is 0. The molecule has 5 heteroatoms. The number of carbonyl (C=O) groups is 1. The molecule has 1 heterocycles. The van der Waals surface area contributed by atoms with Gasteiger partial charge in [0.05, 0.1) is 5.66 Å². The van der Waals surface area contributed by atoms with Crippen LogP contribution < -0.4 is 21.7 Å². The molecule has 1 aliphatic heterocycles. The van der Waals surface area contributed by atoms with Gasteiger partial charge < -0.3 is 0 Å². The maximum atomic E-state index is 10.4. The molecule has 1 aliphatic rings. The number of urea groups is 1. The molecule has 1 fully saturated rings. The van der Waals surface area contributed by atoms with Crippen LogP contribution in [-0.4, -0.2) is 11.7 Å². The molecule has 0 radical (unpaired) electrons. The quantitative estimate of drug-likeness (QED) is 0.341. The summed E-state index contributed by atoms with van der Waals surface area (Å²) in [4.78, 5) is 10.4. The molecule has 0 saturated carbocycles. The summed E-state index contributed by atoms with van der Waals surface area (Å²) in [6.45, 7) is 3.78. The van der Waals surface area contributed by atoms with Gasteiger partial charge in [-0.15, -0.1) is 0 Å². The zero-order valence-corrected chi connectivity index (χ0v) is 5.41. The number of amides is 2. The highest BCUT2D eigenvalue weighted by Crippen LogP contribution is 1.93. The molecule has 52 valence electrons. The van der Waals surface area contributed by atoms with Gasteiger partial charge in [-0.25, -0.2) is 15.6 Å². The third kappa shape index (κ3) is 1.55. The second-order valence-corrected chi connectivity index (χ2v) is 2.45. The van der Waals surface area contributed by atoms with Crippen LogP contribution in [0.1, 0.15) is 13.8 Å². The molecule has 5 nitrogen and oxygen atoms in total. The first-order chi connectivity index (χ1) is 4.10. The van der Waals surface area contributed by atoms with E-state index in [4.69, 9.17) is 0 Å². The summed E-state index contributed by atoms with van der Waals surface area (Å²) in [5.74, 6) is 0. The fraction of sp³-hybridized carbons (Fsp3) is 0.750. The minimum atomic E-state index is -0.284. The van der Waals surface area contributed by atoms with Crippen LogP contribution in [0.4, 0.5) is 4.79 Å². The van der Waals surface area contributed by atoms with E-state index < -0.39 is 0 Å². The van der Waals surface area contributed by atoms with Gasteiger partial charge in [0, 0.05) is 0 Å². The van der Waals surface area contributed by atoms with Crippen LogP contribution in [0.5, 0.6) is 0 Å². The van der Waals surface area contributed by atoms with E-state index in [1.807, 2.05) is 13.8 Å². The van der Waals surface area contributed by atoms with Gasteiger partial charge in [0.2, 0.25) is 0 Å². The Balaban J connectivity index is 2.44. The highest BCUT2D eigenvalue weighted by molar-refractivity contribution is 5.73. The van der Waals surface area contributed by atoms with Crippen molar-refractivity contribution < 1.29 is 4.79 Å². The Hall–Kier alpha value is -0.810. The van der Waals surface area contributed by atoms with Crippen molar-refractivity contribution in [2.75, 3.05) is 0 Å². The minimum Gasteiger partial charge on any atom is -0.270 e. The molecular formula is C4H10N4O. The van der Waals surface area contributed by atoms with Gasteiger partial charge in [0.1, 0.15) is 0 Å². The lowest BCUT2D eigenvalue weighted by atomic mass is 10.3. The van der Waals surface area contributed by atoms with Gasteiger partial charge in [-0.3, -0.25) is 10.9 Å². The van der Waals surface area contributed by atoms with E-state index in [0.717, 1.165) is 0 Å². The standard InChI is InChI=1S/C4H10N4O/c1-4(2)7-5-3(9)6-8-4/h7-8H,1-2H3,(H2,5,6,9). The SMILES string of the molecule is CC1(C)NNC(=O)NN1. The third-order valence-corrected chi connectivity index (χ3v) is 0.977. The number of hydrogen-bond donors (Lipinski definition) is 4. The fourth-order valence-electron chi connectivity index (χ4n) is 0.489. The van der Waals surface area contributed by atoms with Crippen molar-refractivity contribution in [2.24, 2.45) is 0 Å². The van der Waals surface area contributed by atoms with Gasteiger partial charge in [-0.05, 0) is 13.8 Å². The minimum absolute atomic E-state index is 0.269. The average molecular weight is 130 g/mol. The maximum absolute atomic E-state index is 10.4. The number of hydrogen-bond acceptors (Lipinski definition) is 3. The van der Waals surface area contributed by atoms with Crippen LogP contribution in [0.3, 0.4) is 0 Å². The van der Waals surface area contributed by atoms with Crippen molar-refractivity contribution in [3.05, 3.63) is 0 Å². The highest BCUT2D eigenvalue weighted by Gasteiger charge is 2.21. The topological polar surface area (TPSA) is 65.2 Å². The molecule has 0 aliphatic carbocycles. The molecule has 0 unspecified atom stereocenters. The average Bonchev–Trinajstić information content (AvgIpc) is 1.78. The van der Waals surface area contributed by atoms with Crippen LogP contribution in [0.2, 0.25) is 0 Å². The lowest BCUT2D eigenvalue weighted by Crippen LogP contribution is -2.71. The number of hydrazine groups is 2. The van der Waals surface area contributed by atoms with Gasteiger partial charge in [0.15, 0.2) is 0 Å². The van der Waals surface area contributed by atoms with Gasteiger partial charge >= 0.3 is 6.03 Å². The van der Waals surface area contributed by atoms with Crippen LogP contribution in [0, 0.1) is 0 Å². The number of rotatable bonds is 0. The van der Waals surface area contributed by atoms with Crippen LogP contribution >= 0.6 is 0 Å². The maximum Gasteiger partial charge on any atom is 0.343 e. The molecule has 2 amide bonds. The summed E-state index contributed by atoms with van der Waals surface area (Å²) in [6, 6.07) is -0.269. The van der Waals surface area contributed by atoms with E-state index >= 15 is 0 Å². The molecule has 0 aromatic heterocycles. The number of carbonyl (C=O) groups excluding carboxylic acids is 1. The van der Waals surface area contributed by atoms with E-state index in [2.05, 4.69) is 21.7 Å². The summed E-state index contributed by atoms with van der Waals surface area (Å²) >= 11 is 0. The van der Waals surface area contributed by atoms with Crippen molar-refractivity contribution in [1.29, 1.82) is 0 Å². The summed E-state index contributed by atoms with van der Waals surface area (Å²) in [5.41, 5.74) is 10.0. The molecule has 0 aromatic carbocycles. The van der Waals surface area contributed by atoms with E-state index in [1.165, 1.54) is 0 Å². The Bertz CT molecular complexity index is 121. The van der Waals surface area contributed by atoms with Crippen molar-refractivity contribution in [3.63, 3.8) is 0 Å². The molecular weight excluding hydrogens is 120 g/mol. The molecule has 0 spiro atoms. The Labute approximate surface area is 53.1 Å². The molecule has 1 saturated heterocycles. The smallest absolute Gasteiger partial charge is 0.270 e. The van der Waals surface area contributed by atoms with E-state index in [0.29, 0.717) is 0 Å². The zero-order chi connectivity index (χ0) is 6.91. The predicted octanol–water partition coefficient (Wildman–Crippen LogP) is -0.955. The third-order valence-electron chi connectivity index (χ3n) is 0.977. The molecule has 1 rings (SSSR count). The van der Waals surface area contributed by atoms with E-state index in [9.17, 15) is 4.79 Å². The zero-order valence-electron chi connectivity index (χ0n) is 5.41. The molecule has 0 bridgehead atoms. The number of nitrogens with one attached hydrogen (secondary N) is 4. The Morgan fingerprint density at radius 1 is 1.22 bits per heavy atom. The van der Waals surface area contributed by atoms with Gasteiger partial charge in [-0.2, -0.15) is 0 Å². The fourth-order valence-corrected chi connectivity index (χ4v) is 0.489. The largest absolute Gasteiger partial charge is 0.343 e. The Morgan fingerprint density at radius 3 is 2.00 bits per heavy atom. The van der Waals surface area contributed by atoms with Crippen molar-refractivity contribution in [3.8, 4) is 0 Å². The van der Waals surface area contributed by atoms with Gasteiger partial charge in [-0.1, -0.05) is 0 Å². The van der Waals surface area contributed by atoms with Crippen LogP contribution in [-0.2, 0) is 0 Å². The van der Waals surface area contributed by atoms with Crippen molar-refractivity contribution >= 4 is 6.03 Å². The lowest BCUT2D eigenvalue weighted by molar-refractivity contribution is 0.173. The van der Waals surface area contributed by atoms with Crippen molar-refractivity contribution in [1.82, 2.24) is 21.7 Å². The first-order valence-corrected chi connectivity index (χ1v) is 2.70. The summed E-state index contributed by atoms with van der Waals surface area (Å²) < 4.78 is 0. The Morgan fingerprint density at radius 2 is 1.67 bits per heavy atom. The van der Waals surface area contributed by atoms with Crippen LogP contribution in [0.15, 0.2) is 0 Å². The summed E-state index contributed by atoms with van der Waals surface area (Å²) in [7, 11) is 0. The first-order valence-electron chi connectivity index (χ1n) is 2.70. The summed E-state index contributed by atoms with van der Waals surface area (Å²) in [5, 5.41) is 0. The lowest BCUT2D eigenvalue weighted by Gasteiger charge is -2.32. The highest BCUT2D eigenvalue weighted by atomic mass is 16.2. The molecule has 0 aromatic rings. The first kappa shape index (κ1) is 6.31. The van der Waals surface area contributed by atoms with E-state index in [-0.39, 0.29) is 11.7 Å². The van der Waals surface area contributed by atoms with Gasteiger partial charge in [0.25, 0.3) is 0 Å². The second kappa shape index (κ2) is 1.85. The van der Waals surface area contributed by atoms with E-state index in [1.54, 1.807) is 0 Å². The second-order valence-electron chi connectivity index (χ2n) is 2.45. The Kier molecular flexibility index (Phi) is 1.30.